The molecule has 3 aromatic rings. The van der Waals surface area contributed by atoms with Gasteiger partial charge < -0.3 is 24.0 Å². The van der Waals surface area contributed by atoms with Crippen molar-refractivity contribution in [2.45, 2.75) is 19.9 Å². The zero-order valence-electron chi connectivity index (χ0n) is 11.5. The molecule has 102 valence electrons. The molecule has 1 aromatic heterocycles. The van der Waals surface area contributed by atoms with Crippen LogP contribution in [0.2, 0.25) is 0 Å². The van der Waals surface area contributed by atoms with Crippen molar-refractivity contribution in [3.8, 4) is 11.3 Å². The average molecular weight is 376 g/mol. The fraction of sp³-hybridized carbons (Fsp3) is 0.176. The molecule has 0 fully saturated rings. The summed E-state index contributed by atoms with van der Waals surface area (Å²) in [4.78, 5) is 4.77. The zero-order chi connectivity index (χ0) is 13.1. The van der Waals surface area contributed by atoms with Gasteiger partial charge in [0, 0.05) is 18.1 Å². The van der Waals surface area contributed by atoms with E-state index < -0.39 is 0 Å². The van der Waals surface area contributed by atoms with Gasteiger partial charge in [0.1, 0.15) is 17.8 Å². The molecule has 1 heterocycles. The monoisotopic (exact) mass is 376 g/mol. The quantitative estimate of drug-likeness (QED) is 0.484. The summed E-state index contributed by atoms with van der Waals surface area (Å²) in [5.41, 5.74) is 4.45. The smallest absolute Gasteiger partial charge is 0.231 e. The number of hydrogen-bond acceptors (Lipinski definition) is 1. The van der Waals surface area contributed by atoms with Crippen LogP contribution in [0.4, 0.5) is 0 Å². The van der Waals surface area contributed by atoms with Gasteiger partial charge in [0.05, 0.1) is 0 Å². The Morgan fingerprint density at radius 3 is 2.40 bits per heavy atom. The predicted octanol–water partition coefficient (Wildman–Crippen LogP) is 0.603. The van der Waals surface area contributed by atoms with Crippen molar-refractivity contribution in [1.29, 1.82) is 0 Å². The van der Waals surface area contributed by atoms with E-state index in [0.29, 0.717) is 0 Å². The molecule has 0 atom stereocenters. The van der Waals surface area contributed by atoms with Gasteiger partial charge in [-0.25, -0.2) is 4.98 Å². The zero-order valence-corrected chi connectivity index (χ0v) is 13.6. The van der Waals surface area contributed by atoms with Crippen LogP contribution >= 0.6 is 0 Å². The second kappa shape index (κ2) is 6.79. The van der Waals surface area contributed by atoms with Crippen molar-refractivity contribution in [3.05, 3.63) is 60.8 Å². The lowest BCUT2D eigenvalue weighted by atomic mass is 10.1. The Labute approximate surface area is 136 Å². The third kappa shape index (κ3) is 2.98. The Morgan fingerprint density at radius 2 is 1.65 bits per heavy atom. The number of hydrogen-bond donors (Lipinski definition) is 0. The van der Waals surface area contributed by atoms with Gasteiger partial charge in [0.2, 0.25) is 5.52 Å². The number of nitrogens with zero attached hydrogens (tertiary/aromatic N) is 2. The summed E-state index contributed by atoms with van der Waals surface area (Å²) in [6, 6.07) is 18.7. The average Bonchev–Trinajstić information content (AvgIpc) is 2.48. The molecule has 0 aliphatic carbocycles. The summed E-state index contributed by atoms with van der Waals surface area (Å²) < 4.78 is 2.30. The molecule has 0 N–H and O–H groups in total. The molecule has 0 radical (unpaired) electrons. The summed E-state index contributed by atoms with van der Waals surface area (Å²) in [6.07, 6.45) is 3.27. The maximum Gasteiger partial charge on any atom is 0.231 e. The van der Waals surface area contributed by atoms with Crippen LogP contribution in [0.1, 0.15) is 13.3 Å². The summed E-state index contributed by atoms with van der Waals surface area (Å²) in [6.45, 7) is 3.22. The van der Waals surface area contributed by atoms with Crippen LogP contribution in [0.5, 0.6) is 0 Å². The largest absolute Gasteiger partial charge is 1.00 e. The highest BCUT2D eigenvalue weighted by molar-refractivity contribution is 5.73. The number of para-hydroxylation sites is 2. The highest BCUT2D eigenvalue weighted by Gasteiger charge is 2.12. The first-order valence-electron chi connectivity index (χ1n) is 6.73. The fourth-order valence-corrected chi connectivity index (χ4v) is 2.35. The lowest BCUT2D eigenvalue weighted by Crippen LogP contribution is -3.00. The minimum absolute atomic E-state index is 0. The highest BCUT2D eigenvalue weighted by Crippen LogP contribution is 2.17. The molecule has 0 saturated carbocycles. The van der Waals surface area contributed by atoms with Crippen LogP contribution in [0.3, 0.4) is 0 Å². The van der Waals surface area contributed by atoms with Crippen molar-refractivity contribution in [2.75, 3.05) is 0 Å². The number of fused-ring (bicyclic) bond motifs is 1. The summed E-state index contributed by atoms with van der Waals surface area (Å²) in [5.74, 6) is 0. The van der Waals surface area contributed by atoms with E-state index >= 15 is 0 Å². The highest BCUT2D eigenvalue weighted by atomic mass is 127. The molecule has 0 aliphatic rings. The lowest BCUT2D eigenvalue weighted by Gasteiger charge is -2.04. The van der Waals surface area contributed by atoms with Gasteiger partial charge in [0.15, 0.2) is 6.20 Å². The normalized spacial score (nSPS) is 10.2. The second-order valence-corrected chi connectivity index (χ2v) is 4.67. The van der Waals surface area contributed by atoms with Crippen molar-refractivity contribution in [1.82, 2.24) is 4.98 Å². The molecular formula is C17H17IN2. The van der Waals surface area contributed by atoms with E-state index in [2.05, 4.69) is 60.2 Å². The molecule has 20 heavy (non-hydrogen) atoms. The third-order valence-electron chi connectivity index (χ3n) is 3.24. The van der Waals surface area contributed by atoms with Crippen LogP contribution < -0.4 is 28.5 Å². The molecule has 0 bridgehead atoms. The molecule has 0 amide bonds. The minimum Gasteiger partial charge on any atom is -1.00 e. The summed E-state index contributed by atoms with van der Waals surface area (Å²) in [7, 11) is 0. The first kappa shape index (κ1) is 14.9. The number of aryl methyl sites for hydroxylation is 1. The van der Waals surface area contributed by atoms with Gasteiger partial charge in [-0.05, 0) is 6.07 Å². The van der Waals surface area contributed by atoms with Crippen LogP contribution in [0, 0.1) is 0 Å². The second-order valence-electron chi connectivity index (χ2n) is 4.67. The number of aromatic nitrogens is 2. The molecule has 3 heteroatoms. The van der Waals surface area contributed by atoms with Crippen molar-refractivity contribution in [2.24, 2.45) is 0 Å². The third-order valence-corrected chi connectivity index (χ3v) is 3.24. The number of halogens is 1. The predicted molar refractivity (Wildman–Crippen MR) is 77.7 cm³/mol. The van der Waals surface area contributed by atoms with E-state index in [1.165, 1.54) is 5.52 Å². The number of rotatable bonds is 3. The maximum absolute atomic E-state index is 4.77. The Hall–Kier alpha value is -1.49. The maximum atomic E-state index is 4.77. The van der Waals surface area contributed by atoms with Crippen LogP contribution in [0.15, 0.2) is 60.8 Å². The molecule has 0 saturated heterocycles. The van der Waals surface area contributed by atoms with Gasteiger partial charge in [-0.15, -0.1) is 0 Å². The Bertz CT molecular complexity index is 696. The SMILES string of the molecule is CCC[n+]1cc(-c2ccccc2)nc2ccccc21.[I-]. The standard InChI is InChI=1S/C17H17N2.HI/c1-2-12-19-13-16(14-8-4-3-5-9-14)18-15-10-6-7-11-17(15)19;/h3-11,13H,2,12H2,1H3;1H/q+1;/p-1. The van der Waals surface area contributed by atoms with Gasteiger partial charge in [-0.1, -0.05) is 49.4 Å². The first-order chi connectivity index (χ1) is 9.38. The Kier molecular flexibility index (Phi) is 5.06. The first-order valence-corrected chi connectivity index (χ1v) is 6.73. The molecule has 3 rings (SSSR count). The summed E-state index contributed by atoms with van der Waals surface area (Å²) in [5, 5.41) is 0. The van der Waals surface area contributed by atoms with E-state index in [1.54, 1.807) is 0 Å². The van der Waals surface area contributed by atoms with E-state index in [0.717, 1.165) is 29.7 Å². The fourth-order valence-electron chi connectivity index (χ4n) is 2.35. The van der Waals surface area contributed by atoms with Crippen molar-refractivity contribution < 1.29 is 28.5 Å². The van der Waals surface area contributed by atoms with E-state index in [1.807, 2.05) is 12.1 Å². The van der Waals surface area contributed by atoms with Crippen LogP contribution in [0.25, 0.3) is 22.3 Å². The van der Waals surface area contributed by atoms with Crippen molar-refractivity contribution in [3.63, 3.8) is 0 Å². The molecule has 0 spiro atoms. The topological polar surface area (TPSA) is 16.8 Å². The Balaban J connectivity index is 0.00000147. The Morgan fingerprint density at radius 1 is 0.950 bits per heavy atom. The minimum atomic E-state index is 0. The van der Waals surface area contributed by atoms with E-state index in [9.17, 15) is 0 Å². The van der Waals surface area contributed by atoms with E-state index in [4.69, 9.17) is 4.98 Å². The molecular weight excluding hydrogens is 359 g/mol. The van der Waals surface area contributed by atoms with Crippen LogP contribution in [-0.2, 0) is 6.54 Å². The van der Waals surface area contributed by atoms with Gasteiger partial charge in [0.25, 0.3) is 0 Å². The van der Waals surface area contributed by atoms with Crippen LogP contribution in [-0.4, -0.2) is 4.98 Å². The van der Waals surface area contributed by atoms with Crippen molar-refractivity contribution >= 4 is 11.0 Å². The lowest BCUT2D eigenvalue weighted by molar-refractivity contribution is -0.671. The van der Waals surface area contributed by atoms with Gasteiger partial charge in [-0.3, -0.25) is 0 Å². The molecule has 2 nitrogen and oxygen atoms in total. The van der Waals surface area contributed by atoms with E-state index in [-0.39, 0.29) is 24.0 Å². The molecule has 0 aliphatic heterocycles. The molecule has 2 aromatic carbocycles. The summed E-state index contributed by atoms with van der Waals surface area (Å²) >= 11 is 0. The number of benzene rings is 2. The van der Waals surface area contributed by atoms with Gasteiger partial charge >= 0.3 is 0 Å². The van der Waals surface area contributed by atoms with Gasteiger partial charge in [-0.2, -0.15) is 4.57 Å². The molecule has 0 unspecified atom stereocenters.